The molecule has 0 spiro atoms. The van der Waals surface area contributed by atoms with Crippen molar-refractivity contribution in [2.75, 3.05) is 17.2 Å². The Balaban J connectivity index is 1.55. The number of benzene rings is 2. The van der Waals surface area contributed by atoms with Crippen LogP contribution in [0.15, 0.2) is 60.0 Å². The molecule has 9 heteroatoms. The first-order valence-electron chi connectivity index (χ1n) is 11.2. The second-order valence-electron chi connectivity index (χ2n) is 8.45. The number of carbonyl (C=O) groups excluding carboxylic acids is 1. The van der Waals surface area contributed by atoms with Crippen molar-refractivity contribution in [2.24, 2.45) is 0 Å². The molecule has 0 fully saturated rings. The molecule has 2 heterocycles. The van der Waals surface area contributed by atoms with Crippen molar-refractivity contribution in [3.63, 3.8) is 0 Å². The first-order valence-corrected chi connectivity index (χ1v) is 13.6. The van der Waals surface area contributed by atoms with Gasteiger partial charge in [-0.2, -0.15) is 0 Å². The Morgan fingerprint density at radius 1 is 1.06 bits per heavy atom. The van der Waals surface area contributed by atoms with Gasteiger partial charge in [-0.1, -0.05) is 41.2 Å². The predicted molar refractivity (Wildman–Crippen MR) is 136 cm³/mol. The average molecular weight is 497 g/mol. The van der Waals surface area contributed by atoms with E-state index in [4.69, 9.17) is 4.98 Å². The topological polar surface area (TPSA) is 85.2 Å². The Hall–Kier alpha value is -3.04. The first kappa shape index (κ1) is 24.1. The molecule has 0 saturated heterocycles. The van der Waals surface area contributed by atoms with Crippen molar-refractivity contribution in [2.45, 2.75) is 45.1 Å². The van der Waals surface area contributed by atoms with E-state index in [-0.39, 0.29) is 23.0 Å². The van der Waals surface area contributed by atoms with Crippen LogP contribution in [0.25, 0.3) is 10.2 Å². The molecular formula is C25H28N4O3S2. The van der Waals surface area contributed by atoms with Gasteiger partial charge in [-0.05, 0) is 50.5 Å². The molecule has 2 aromatic heterocycles. The van der Waals surface area contributed by atoms with Gasteiger partial charge < -0.3 is 4.57 Å². The molecule has 0 radical (unpaired) electrons. The van der Waals surface area contributed by atoms with Gasteiger partial charge in [-0.15, -0.1) is 0 Å². The highest BCUT2D eigenvalue weighted by atomic mass is 32.2. The molecule has 0 atom stereocenters. The number of thiazole rings is 1. The molecule has 0 aliphatic heterocycles. The Morgan fingerprint density at radius 2 is 1.79 bits per heavy atom. The Kier molecular flexibility index (Phi) is 7.13. The molecule has 0 unspecified atom stereocenters. The molecule has 0 aliphatic carbocycles. The van der Waals surface area contributed by atoms with Gasteiger partial charge in [0.05, 0.1) is 27.2 Å². The van der Waals surface area contributed by atoms with Gasteiger partial charge in [0.15, 0.2) is 15.0 Å². The van der Waals surface area contributed by atoms with Crippen molar-refractivity contribution in [3.8, 4) is 0 Å². The van der Waals surface area contributed by atoms with Crippen molar-refractivity contribution < 1.29 is 13.2 Å². The molecular weight excluding hydrogens is 468 g/mol. The Morgan fingerprint density at radius 3 is 2.47 bits per heavy atom. The lowest BCUT2D eigenvalue weighted by Gasteiger charge is -2.20. The first-order chi connectivity index (χ1) is 16.2. The smallest absolute Gasteiger partial charge is 0.229 e. The summed E-state index contributed by atoms with van der Waals surface area (Å²) in [7, 11) is -3.56. The van der Waals surface area contributed by atoms with Gasteiger partial charge in [0.1, 0.15) is 0 Å². The minimum Gasteiger partial charge on any atom is -0.337 e. The van der Waals surface area contributed by atoms with Crippen molar-refractivity contribution in [1.29, 1.82) is 0 Å². The number of rotatable bonds is 9. The number of hydrogen-bond donors (Lipinski definition) is 0. The van der Waals surface area contributed by atoms with Gasteiger partial charge in [0.2, 0.25) is 5.91 Å². The monoisotopic (exact) mass is 496 g/mol. The lowest BCUT2D eigenvalue weighted by atomic mass is 10.1. The van der Waals surface area contributed by atoms with Crippen LogP contribution >= 0.6 is 11.3 Å². The number of aryl methyl sites for hydroxylation is 4. The Bertz CT molecular complexity index is 1350. The van der Waals surface area contributed by atoms with Crippen LogP contribution in [-0.4, -0.2) is 41.2 Å². The fourth-order valence-corrected chi connectivity index (χ4v) is 6.13. The second kappa shape index (κ2) is 10.1. The number of imidazole rings is 1. The van der Waals surface area contributed by atoms with E-state index in [9.17, 15) is 13.2 Å². The normalized spacial score (nSPS) is 11.7. The summed E-state index contributed by atoms with van der Waals surface area (Å²) in [6.45, 7) is 7.09. The maximum Gasteiger partial charge on any atom is 0.229 e. The highest BCUT2D eigenvalue weighted by Gasteiger charge is 2.23. The van der Waals surface area contributed by atoms with Gasteiger partial charge in [0, 0.05) is 31.9 Å². The lowest BCUT2D eigenvalue weighted by Crippen LogP contribution is -2.33. The van der Waals surface area contributed by atoms with E-state index in [1.54, 1.807) is 41.7 Å². The summed E-state index contributed by atoms with van der Waals surface area (Å²) in [6, 6.07) is 10.8. The maximum atomic E-state index is 13.3. The highest BCUT2D eigenvalue weighted by molar-refractivity contribution is 7.91. The number of hydrogen-bond acceptors (Lipinski definition) is 6. The summed E-state index contributed by atoms with van der Waals surface area (Å²) in [6.07, 6.45) is 5.93. The largest absolute Gasteiger partial charge is 0.337 e. The number of fused-ring (bicyclic) bond motifs is 1. The minimum atomic E-state index is -3.56. The van der Waals surface area contributed by atoms with E-state index in [0.717, 1.165) is 26.9 Å². The van der Waals surface area contributed by atoms with Gasteiger partial charge in [-0.25, -0.2) is 18.4 Å². The van der Waals surface area contributed by atoms with Crippen molar-refractivity contribution in [1.82, 2.24) is 14.5 Å². The minimum absolute atomic E-state index is 0.102. The molecule has 178 valence electrons. The summed E-state index contributed by atoms with van der Waals surface area (Å²) in [5.74, 6) is -0.480. The third-order valence-electron chi connectivity index (χ3n) is 5.78. The molecule has 4 aromatic rings. The van der Waals surface area contributed by atoms with Crippen LogP contribution in [-0.2, 0) is 21.2 Å². The van der Waals surface area contributed by atoms with Gasteiger partial charge in [0.25, 0.3) is 0 Å². The zero-order valence-corrected chi connectivity index (χ0v) is 21.2. The average Bonchev–Trinajstić information content (AvgIpc) is 3.49. The van der Waals surface area contributed by atoms with Crippen LogP contribution in [0.2, 0.25) is 0 Å². The van der Waals surface area contributed by atoms with E-state index in [0.29, 0.717) is 24.6 Å². The van der Waals surface area contributed by atoms with Gasteiger partial charge in [-0.3, -0.25) is 9.69 Å². The molecule has 0 N–H and O–H groups in total. The van der Waals surface area contributed by atoms with E-state index in [1.807, 2.05) is 37.6 Å². The number of sulfone groups is 1. The fourth-order valence-electron chi connectivity index (χ4n) is 3.74. The SMILES string of the molecule is Cc1ccc(S(=O)(=O)CCC(=O)N(CCCn2ccnc2)c2nc3c(C)ccc(C)c3s2)cc1. The summed E-state index contributed by atoms with van der Waals surface area (Å²) in [5, 5.41) is 0.607. The second-order valence-corrected chi connectivity index (χ2v) is 11.5. The Labute approximate surface area is 204 Å². The van der Waals surface area contributed by atoms with Crippen LogP contribution < -0.4 is 4.90 Å². The summed E-state index contributed by atoms with van der Waals surface area (Å²) in [5.41, 5.74) is 4.04. The van der Waals surface area contributed by atoms with Crippen molar-refractivity contribution >= 4 is 42.4 Å². The van der Waals surface area contributed by atoms with E-state index in [1.165, 1.54) is 11.3 Å². The van der Waals surface area contributed by atoms with Crippen molar-refractivity contribution in [3.05, 3.63) is 71.8 Å². The highest BCUT2D eigenvalue weighted by Crippen LogP contribution is 2.33. The number of carbonyl (C=O) groups is 1. The molecule has 34 heavy (non-hydrogen) atoms. The lowest BCUT2D eigenvalue weighted by molar-refractivity contribution is -0.118. The predicted octanol–water partition coefficient (Wildman–Crippen LogP) is 4.71. The molecule has 7 nitrogen and oxygen atoms in total. The van der Waals surface area contributed by atoms with Crippen LogP contribution in [0.3, 0.4) is 0 Å². The zero-order valence-electron chi connectivity index (χ0n) is 19.6. The van der Waals surface area contributed by atoms with Crippen LogP contribution in [0.4, 0.5) is 5.13 Å². The number of anilines is 1. The molecule has 1 amide bonds. The molecule has 4 rings (SSSR count). The van der Waals surface area contributed by atoms with Crippen LogP contribution in [0.1, 0.15) is 29.5 Å². The van der Waals surface area contributed by atoms with Gasteiger partial charge >= 0.3 is 0 Å². The maximum absolute atomic E-state index is 13.3. The third-order valence-corrected chi connectivity index (χ3v) is 8.73. The third kappa shape index (κ3) is 5.37. The summed E-state index contributed by atoms with van der Waals surface area (Å²) in [4.78, 5) is 24.0. The standard InChI is InChI=1S/C25H28N4O3S2/c1-18-5-9-21(10-6-18)34(31,32)16-11-22(30)29(14-4-13-28-15-12-26-17-28)25-27-23-19(2)7-8-20(3)24(23)33-25/h5-10,12,15,17H,4,11,13-14,16H2,1-3H3. The number of amides is 1. The van der Waals surface area contributed by atoms with Crippen LogP contribution in [0.5, 0.6) is 0 Å². The van der Waals surface area contributed by atoms with E-state index >= 15 is 0 Å². The molecule has 0 bridgehead atoms. The van der Waals surface area contributed by atoms with Crippen LogP contribution in [0, 0.1) is 20.8 Å². The fraction of sp³-hybridized carbons (Fsp3) is 0.320. The molecule has 0 saturated carbocycles. The molecule has 0 aliphatic rings. The van der Waals surface area contributed by atoms with E-state index in [2.05, 4.69) is 11.1 Å². The summed E-state index contributed by atoms with van der Waals surface area (Å²) < 4.78 is 28.6. The molecule has 2 aromatic carbocycles. The number of nitrogens with zero attached hydrogens (tertiary/aromatic N) is 4. The summed E-state index contributed by atoms with van der Waals surface area (Å²) >= 11 is 1.48. The quantitative estimate of drug-likeness (QED) is 0.335. The zero-order chi connectivity index (χ0) is 24.3. The number of aromatic nitrogens is 3. The van der Waals surface area contributed by atoms with E-state index < -0.39 is 9.84 Å².